The molecule has 0 aromatic heterocycles. The smallest absolute Gasteiger partial charge is 0.274 e. The van der Waals surface area contributed by atoms with Crippen molar-refractivity contribution in [1.82, 2.24) is 10.8 Å². The lowest BCUT2D eigenvalue weighted by Gasteiger charge is -2.11. The van der Waals surface area contributed by atoms with Gasteiger partial charge in [0.15, 0.2) is 11.5 Å². The highest BCUT2D eigenvalue weighted by atomic mass is 16.5. The van der Waals surface area contributed by atoms with E-state index in [9.17, 15) is 9.59 Å². The highest BCUT2D eigenvalue weighted by molar-refractivity contribution is 5.95. The summed E-state index contributed by atoms with van der Waals surface area (Å²) in [5.41, 5.74) is 2.31. The lowest BCUT2D eigenvalue weighted by Crippen LogP contribution is -2.28. The molecular formula is C18H20N2O6. The van der Waals surface area contributed by atoms with Crippen LogP contribution in [0.3, 0.4) is 0 Å². The topological polar surface area (TPSA) is 106 Å². The van der Waals surface area contributed by atoms with Crippen LogP contribution < -0.4 is 25.0 Å². The average Bonchev–Trinajstić information content (AvgIpc) is 2.70. The molecule has 8 nitrogen and oxygen atoms in total. The summed E-state index contributed by atoms with van der Waals surface area (Å²) in [7, 11) is 3.03. The maximum atomic E-state index is 12.1. The first-order valence-corrected chi connectivity index (χ1v) is 7.76. The van der Waals surface area contributed by atoms with Gasteiger partial charge in [-0.1, -0.05) is 0 Å². The number of rotatable bonds is 8. The maximum Gasteiger partial charge on any atom is 0.274 e. The summed E-state index contributed by atoms with van der Waals surface area (Å²) >= 11 is 0. The van der Waals surface area contributed by atoms with E-state index in [-0.39, 0.29) is 12.5 Å². The molecule has 26 heavy (non-hydrogen) atoms. The molecule has 0 heterocycles. The third-order valence-electron chi connectivity index (χ3n) is 3.52. The van der Waals surface area contributed by atoms with Crippen LogP contribution in [0.1, 0.15) is 20.7 Å². The largest absolute Gasteiger partial charge is 0.493 e. The van der Waals surface area contributed by atoms with Crippen molar-refractivity contribution in [3.63, 3.8) is 0 Å². The van der Waals surface area contributed by atoms with Crippen molar-refractivity contribution in [3.05, 3.63) is 53.6 Å². The summed E-state index contributed by atoms with van der Waals surface area (Å²) in [5.74, 6) is 0.706. The van der Waals surface area contributed by atoms with Gasteiger partial charge in [0.1, 0.15) is 12.4 Å². The lowest BCUT2D eigenvalue weighted by atomic mass is 10.2. The number of ether oxygens (including phenoxy) is 3. The Balaban J connectivity index is 1.82. The van der Waals surface area contributed by atoms with Gasteiger partial charge in [-0.05, 0) is 42.5 Å². The number of carbonyl (C=O) groups is 2. The van der Waals surface area contributed by atoms with E-state index in [1.807, 2.05) is 0 Å². The third-order valence-corrected chi connectivity index (χ3v) is 3.52. The summed E-state index contributed by atoms with van der Waals surface area (Å²) in [4.78, 5) is 23.4. The van der Waals surface area contributed by atoms with Crippen molar-refractivity contribution in [2.45, 2.75) is 0 Å². The van der Waals surface area contributed by atoms with E-state index in [0.29, 0.717) is 34.9 Å². The van der Waals surface area contributed by atoms with E-state index in [1.54, 1.807) is 35.8 Å². The first-order chi connectivity index (χ1) is 12.6. The van der Waals surface area contributed by atoms with Crippen molar-refractivity contribution < 1.29 is 29.0 Å². The summed E-state index contributed by atoms with van der Waals surface area (Å²) in [6.45, 7) is 0.552. The molecule has 0 aliphatic rings. The van der Waals surface area contributed by atoms with Gasteiger partial charge in [0, 0.05) is 11.1 Å². The summed E-state index contributed by atoms with van der Waals surface area (Å²) in [5, 5.41) is 11.3. The zero-order valence-corrected chi connectivity index (χ0v) is 14.4. The fourth-order valence-electron chi connectivity index (χ4n) is 2.18. The van der Waals surface area contributed by atoms with Crippen LogP contribution in [0.25, 0.3) is 0 Å². The second kappa shape index (κ2) is 9.28. The fourth-order valence-corrected chi connectivity index (χ4v) is 2.18. The summed E-state index contributed by atoms with van der Waals surface area (Å²) in [6.07, 6.45) is 0. The Hall–Kier alpha value is -3.26. The quantitative estimate of drug-likeness (QED) is 0.375. The molecule has 138 valence electrons. The molecule has 0 saturated carbocycles. The molecule has 0 saturated heterocycles. The molecule has 0 unspecified atom stereocenters. The second-order valence-corrected chi connectivity index (χ2v) is 5.14. The minimum Gasteiger partial charge on any atom is -0.493 e. The van der Waals surface area contributed by atoms with Crippen LogP contribution in [-0.4, -0.2) is 44.4 Å². The second-order valence-electron chi connectivity index (χ2n) is 5.14. The van der Waals surface area contributed by atoms with Gasteiger partial charge in [0.2, 0.25) is 0 Å². The Morgan fingerprint density at radius 1 is 0.923 bits per heavy atom. The van der Waals surface area contributed by atoms with Gasteiger partial charge in [0.05, 0.1) is 20.8 Å². The minimum absolute atomic E-state index is 0.255. The van der Waals surface area contributed by atoms with Crippen LogP contribution in [0.5, 0.6) is 17.2 Å². The van der Waals surface area contributed by atoms with Crippen molar-refractivity contribution in [1.29, 1.82) is 0 Å². The van der Waals surface area contributed by atoms with Gasteiger partial charge >= 0.3 is 0 Å². The number of methoxy groups -OCH3 is 2. The van der Waals surface area contributed by atoms with E-state index < -0.39 is 5.91 Å². The molecule has 3 N–H and O–H groups in total. The molecular weight excluding hydrogens is 340 g/mol. The monoisotopic (exact) mass is 360 g/mol. The zero-order valence-electron chi connectivity index (χ0n) is 14.4. The molecule has 2 aromatic rings. The molecule has 0 aliphatic carbocycles. The number of nitrogens with one attached hydrogen (secondary N) is 2. The van der Waals surface area contributed by atoms with E-state index >= 15 is 0 Å². The van der Waals surface area contributed by atoms with E-state index in [2.05, 4.69) is 5.32 Å². The van der Waals surface area contributed by atoms with Gasteiger partial charge in [-0.25, -0.2) is 5.48 Å². The van der Waals surface area contributed by atoms with Crippen LogP contribution in [0.4, 0.5) is 0 Å². The Labute approximate surface area is 150 Å². The Bertz CT molecular complexity index is 761. The summed E-state index contributed by atoms with van der Waals surface area (Å²) in [6, 6.07) is 11.1. The Kier molecular flexibility index (Phi) is 6.81. The molecule has 0 fully saturated rings. The average molecular weight is 360 g/mol. The number of benzene rings is 2. The van der Waals surface area contributed by atoms with Crippen LogP contribution in [0, 0.1) is 0 Å². The zero-order chi connectivity index (χ0) is 18.9. The molecule has 2 rings (SSSR count). The normalized spacial score (nSPS) is 9.96. The molecule has 0 radical (unpaired) electrons. The molecule has 0 spiro atoms. The maximum absolute atomic E-state index is 12.1. The molecule has 2 aromatic carbocycles. The molecule has 8 heteroatoms. The van der Waals surface area contributed by atoms with Gasteiger partial charge in [0.25, 0.3) is 11.8 Å². The Morgan fingerprint density at radius 3 is 2.19 bits per heavy atom. The first kappa shape index (κ1) is 19.1. The predicted molar refractivity (Wildman–Crippen MR) is 93.1 cm³/mol. The SMILES string of the molecule is COc1ccc(C(=O)NCCOc2ccc(C(=O)NO)cc2)cc1OC. The number of carbonyl (C=O) groups excluding carboxylic acids is 2. The van der Waals surface area contributed by atoms with E-state index in [4.69, 9.17) is 19.4 Å². The number of hydrogen-bond acceptors (Lipinski definition) is 6. The third kappa shape index (κ3) is 4.87. The number of hydrogen-bond donors (Lipinski definition) is 3. The minimum atomic E-state index is -0.598. The molecule has 0 aliphatic heterocycles. The van der Waals surface area contributed by atoms with Crippen molar-refractivity contribution in [2.75, 3.05) is 27.4 Å². The van der Waals surface area contributed by atoms with Crippen LogP contribution in [-0.2, 0) is 0 Å². The van der Waals surface area contributed by atoms with Crippen molar-refractivity contribution >= 4 is 11.8 Å². The van der Waals surface area contributed by atoms with Crippen LogP contribution in [0.15, 0.2) is 42.5 Å². The molecule has 0 atom stereocenters. The fraction of sp³-hybridized carbons (Fsp3) is 0.222. The van der Waals surface area contributed by atoms with Crippen molar-refractivity contribution in [2.24, 2.45) is 0 Å². The molecule has 0 bridgehead atoms. The summed E-state index contributed by atoms with van der Waals surface area (Å²) < 4.78 is 15.8. The highest BCUT2D eigenvalue weighted by Crippen LogP contribution is 2.27. The van der Waals surface area contributed by atoms with Crippen molar-refractivity contribution in [3.8, 4) is 17.2 Å². The lowest BCUT2D eigenvalue weighted by molar-refractivity contribution is 0.0706. The van der Waals surface area contributed by atoms with Gasteiger partial charge in [-0.2, -0.15) is 0 Å². The first-order valence-electron chi connectivity index (χ1n) is 7.76. The van der Waals surface area contributed by atoms with Gasteiger partial charge in [-0.3, -0.25) is 14.8 Å². The highest BCUT2D eigenvalue weighted by Gasteiger charge is 2.10. The predicted octanol–water partition coefficient (Wildman–Crippen LogP) is 1.63. The van der Waals surface area contributed by atoms with Crippen LogP contribution in [0.2, 0.25) is 0 Å². The Morgan fingerprint density at radius 2 is 1.58 bits per heavy atom. The van der Waals surface area contributed by atoms with Gasteiger partial charge in [-0.15, -0.1) is 0 Å². The standard InChI is InChI=1S/C18H20N2O6/c1-24-15-8-5-13(11-16(15)25-2)17(21)19-9-10-26-14-6-3-12(4-7-14)18(22)20-23/h3-8,11,23H,9-10H2,1-2H3,(H,19,21)(H,20,22). The van der Waals surface area contributed by atoms with Crippen LogP contribution >= 0.6 is 0 Å². The van der Waals surface area contributed by atoms with Gasteiger partial charge < -0.3 is 19.5 Å². The number of amides is 2. The molecule has 2 amide bonds. The van der Waals surface area contributed by atoms with E-state index in [1.165, 1.54) is 26.4 Å². The number of hydroxylamine groups is 1. The van der Waals surface area contributed by atoms with E-state index in [0.717, 1.165) is 0 Å².